The van der Waals surface area contributed by atoms with E-state index in [1.54, 1.807) is 0 Å². The van der Waals surface area contributed by atoms with Gasteiger partial charge in [-0.1, -0.05) is 0 Å². The molecule has 0 fully saturated rings. The summed E-state index contributed by atoms with van der Waals surface area (Å²) < 4.78 is 113. The van der Waals surface area contributed by atoms with Crippen LogP contribution in [0, 0.1) is 0 Å². The van der Waals surface area contributed by atoms with Gasteiger partial charge in [0.15, 0.2) is 0 Å². The molecule has 0 aromatic carbocycles. The van der Waals surface area contributed by atoms with Gasteiger partial charge in [-0.05, 0) is 13.3 Å². The van der Waals surface area contributed by atoms with Crippen LogP contribution in [0.15, 0.2) is 0 Å². The Kier molecular flexibility index (Phi) is 5.15. The van der Waals surface area contributed by atoms with E-state index >= 15 is 0 Å². The molecule has 1 N–H and O–H groups in total. The molecule has 0 aromatic heterocycles. The highest BCUT2D eigenvalue weighted by atomic mass is 19.4. The van der Waals surface area contributed by atoms with E-state index in [9.17, 15) is 39.5 Å². The van der Waals surface area contributed by atoms with Gasteiger partial charge in [0.05, 0.1) is 12.7 Å². The summed E-state index contributed by atoms with van der Waals surface area (Å²) in [6, 6.07) is 0. The molecular formula is C8H9F9O2. The van der Waals surface area contributed by atoms with Crippen LogP contribution in [0.3, 0.4) is 0 Å². The Morgan fingerprint density at radius 1 is 0.842 bits per heavy atom. The Bertz CT molecular complexity index is 252. The summed E-state index contributed by atoms with van der Waals surface area (Å²) in [5, 5.41) is 8.63. The third kappa shape index (κ3) is 3.65. The van der Waals surface area contributed by atoms with Gasteiger partial charge in [-0.2, -0.15) is 39.5 Å². The number of rotatable bonds is 4. The van der Waals surface area contributed by atoms with Crippen LogP contribution in [0.1, 0.15) is 13.3 Å². The largest absolute Gasteiger partial charge is 0.435 e. The molecule has 0 radical (unpaired) electrons. The first-order chi connectivity index (χ1) is 8.17. The van der Waals surface area contributed by atoms with Crippen molar-refractivity contribution in [1.29, 1.82) is 0 Å². The molecule has 19 heavy (non-hydrogen) atoms. The van der Waals surface area contributed by atoms with E-state index in [2.05, 4.69) is 4.74 Å². The SMILES string of the molecule is CC(O)CCOC(C(F)(F)F)(C(F)(F)F)C(F)(F)F. The molecule has 0 aliphatic carbocycles. The van der Waals surface area contributed by atoms with E-state index in [1.165, 1.54) is 0 Å². The summed E-state index contributed by atoms with van der Waals surface area (Å²) in [4.78, 5) is 0. The van der Waals surface area contributed by atoms with E-state index in [-0.39, 0.29) is 0 Å². The molecule has 116 valence electrons. The highest BCUT2D eigenvalue weighted by Crippen LogP contribution is 2.54. The van der Waals surface area contributed by atoms with Gasteiger partial charge in [0, 0.05) is 0 Å². The van der Waals surface area contributed by atoms with Gasteiger partial charge in [-0.25, -0.2) is 0 Å². The number of aliphatic hydroxyl groups excluding tert-OH is 1. The van der Waals surface area contributed by atoms with Crippen molar-refractivity contribution in [2.24, 2.45) is 0 Å². The Hall–Kier alpha value is -0.710. The van der Waals surface area contributed by atoms with Crippen LogP contribution in [0.4, 0.5) is 39.5 Å². The first-order valence-corrected chi connectivity index (χ1v) is 4.69. The van der Waals surface area contributed by atoms with Crippen molar-refractivity contribution in [3.8, 4) is 0 Å². The van der Waals surface area contributed by atoms with Crippen molar-refractivity contribution >= 4 is 0 Å². The number of ether oxygens (including phenoxy) is 1. The summed E-state index contributed by atoms with van der Waals surface area (Å²) in [5.41, 5.74) is -6.26. The average molecular weight is 308 g/mol. The predicted molar refractivity (Wildman–Crippen MR) is 43.1 cm³/mol. The lowest BCUT2D eigenvalue weighted by Crippen LogP contribution is -2.67. The van der Waals surface area contributed by atoms with E-state index in [4.69, 9.17) is 5.11 Å². The fourth-order valence-corrected chi connectivity index (χ4v) is 1.11. The fraction of sp³-hybridized carbons (Fsp3) is 1.00. The number of alkyl halides is 9. The maximum Gasteiger partial charge on any atom is 0.435 e. The highest BCUT2D eigenvalue weighted by molar-refractivity contribution is 5.02. The Labute approximate surface area is 101 Å². The summed E-state index contributed by atoms with van der Waals surface area (Å²) in [6.45, 7) is -0.587. The van der Waals surface area contributed by atoms with E-state index in [0.717, 1.165) is 6.92 Å². The van der Waals surface area contributed by atoms with Crippen LogP contribution in [-0.4, -0.2) is 41.9 Å². The molecular weight excluding hydrogens is 299 g/mol. The van der Waals surface area contributed by atoms with E-state index < -0.39 is 43.3 Å². The smallest absolute Gasteiger partial charge is 0.393 e. The second kappa shape index (κ2) is 5.35. The molecule has 0 saturated carbocycles. The molecule has 1 atom stereocenters. The Balaban J connectivity index is 5.56. The third-order valence-electron chi connectivity index (χ3n) is 2.05. The molecule has 0 saturated heterocycles. The van der Waals surface area contributed by atoms with Gasteiger partial charge < -0.3 is 9.84 Å². The molecule has 2 nitrogen and oxygen atoms in total. The lowest BCUT2D eigenvalue weighted by molar-refractivity contribution is -0.457. The van der Waals surface area contributed by atoms with Gasteiger partial charge in [-0.15, -0.1) is 0 Å². The Morgan fingerprint density at radius 2 is 1.16 bits per heavy atom. The summed E-state index contributed by atoms with van der Waals surface area (Å²) in [6.07, 6.45) is -22.4. The van der Waals surface area contributed by atoms with Crippen LogP contribution in [0.5, 0.6) is 0 Å². The molecule has 0 aromatic rings. The average Bonchev–Trinajstić information content (AvgIpc) is 2.04. The minimum Gasteiger partial charge on any atom is -0.393 e. The van der Waals surface area contributed by atoms with Gasteiger partial charge in [0.1, 0.15) is 0 Å². The molecule has 0 heterocycles. The number of hydrogen-bond acceptors (Lipinski definition) is 2. The Morgan fingerprint density at radius 3 is 1.37 bits per heavy atom. The summed E-state index contributed by atoms with van der Waals surface area (Å²) in [5.74, 6) is 0. The second-order valence-electron chi connectivity index (χ2n) is 3.66. The first kappa shape index (κ1) is 18.3. The molecule has 11 heteroatoms. The van der Waals surface area contributed by atoms with Crippen LogP contribution < -0.4 is 0 Å². The minimum absolute atomic E-state index is 0.815. The van der Waals surface area contributed by atoms with Crippen molar-refractivity contribution in [2.45, 2.75) is 43.6 Å². The van der Waals surface area contributed by atoms with E-state index in [0.29, 0.717) is 0 Å². The standard InChI is InChI=1S/C8H9F9O2/c1-4(18)2-3-19-5(6(9,10)11,7(12,13)14)8(15,16)17/h4,18H,2-3H2,1H3. The monoisotopic (exact) mass is 308 g/mol. The first-order valence-electron chi connectivity index (χ1n) is 4.69. The van der Waals surface area contributed by atoms with Gasteiger partial charge in [0.25, 0.3) is 0 Å². The minimum atomic E-state index is -6.73. The molecule has 0 aliphatic rings. The molecule has 0 aliphatic heterocycles. The van der Waals surface area contributed by atoms with Crippen LogP contribution in [-0.2, 0) is 4.74 Å². The van der Waals surface area contributed by atoms with Crippen LogP contribution >= 0.6 is 0 Å². The summed E-state index contributed by atoms with van der Waals surface area (Å²) >= 11 is 0. The second-order valence-corrected chi connectivity index (χ2v) is 3.66. The summed E-state index contributed by atoms with van der Waals surface area (Å²) in [7, 11) is 0. The molecule has 0 amide bonds. The van der Waals surface area contributed by atoms with Gasteiger partial charge in [-0.3, -0.25) is 0 Å². The van der Waals surface area contributed by atoms with Crippen LogP contribution in [0.2, 0.25) is 0 Å². The maximum absolute atomic E-state index is 12.3. The van der Waals surface area contributed by atoms with Crippen molar-refractivity contribution in [1.82, 2.24) is 0 Å². The van der Waals surface area contributed by atoms with Gasteiger partial charge >= 0.3 is 24.1 Å². The number of aliphatic hydroxyl groups is 1. The third-order valence-corrected chi connectivity index (χ3v) is 2.05. The number of halogens is 9. The topological polar surface area (TPSA) is 29.5 Å². The predicted octanol–water partition coefficient (Wildman–Crippen LogP) is 3.20. The fourth-order valence-electron chi connectivity index (χ4n) is 1.11. The zero-order valence-corrected chi connectivity index (χ0v) is 9.25. The normalized spacial score (nSPS) is 16.6. The van der Waals surface area contributed by atoms with Crippen LogP contribution in [0.25, 0.3) is 0 Å². The molecule has 0 spiro atoms. The van der Waals surface area contributed by atoms with Crippen molar-refractivity contribution < 1.29 is 49.4 Å². The van der Waals surface area contributed by atoms with Gasteiger partial charge in [0.2, 0.25) is 0 Å². The van der Waals surface area contributed by atoms with Crippen molar-refractivity contribution in [3.05, 3.63) is 0 Å². The lowest BCUT2D eigenvalue weighted by Gasteiger charge is -2.38. The van der Waals surface area contributed by atoms with Crippen molar-refractivity contribution in [3.63, 3.8) is 0 Å². The quantitative estimate of drug-likeness (QED) is 0.808. The zero-order chi connectivity index (χ0) is 15.7. The number of hydrogen-bond donors (Lipinski definition) is 1. The molecule has 0 rings (SSSR count). The lowest BCUT2D eigenvalue weighted by atomic mass is 10.0. The highest BCUT2D eigenvalue weighted by Gasteiger charge is 2.85. The van der Waals surface area contributed by atoms with E-state index in [1.807, 2.05) is 0 Å². The maximum atomic E-state index is 12.3. The molecule has 0 bridgehead atoms. The molecule has 1 unspecified atom stereocenters. The zero-order valence-electron chi connectivity index (χ0n) is 9.25. The van der Waals surface area contributed by atoms with Crippen molar-refractivity contribution in [2.75, 3.05) is 6.61 Å².